The van der Waals surface area contributed by atoms with Crippen LogP contribution in [0.1, 0.15) is 31.7 Å². The maximum absolute atomic E-state index is 12.8. The van der Waals surface area contributed by atoms with Crippen molar-refractivity contribution in [2.24, 2.45) is 0 Å². The molecule has 0 aliphatic carbocycles. The highest BCUT2D eigenvalue weighted by Crippen LogP contribution is 2.54. The molecule has 2 fully saturated rings. The first-order valence-corrected chi connectivity index (χ1v) is 9.23. The lowest BCUT2D eigenvalue weighted by Gasteiger charge is -2.70. The van der Waals surface area contributed by atoms with Gasteiger partial charge in [0.2, 0.25) is 0 Å². The first kappa shape index (κ1) is 19.9. The van der Waals surface area contributed by atoms with Crippen molar-refractivity contribution in [2.45, 2.75) is 50.0 Å². The van der Waals surface area contributed by atoms with E-state index in [1.165, 1.54) is 0 Å². The second-order valence-electron chi connectivity index (χ2n) is 7.76. The van der Waals surface area contributed by atoms with Gasteiger partial charge in [-0.2, -0.15) is 13.2 Å². The number of carbonyl (C=O) groups excluding carboxylic acids is 1. The molecule has 0 saturated carbocycles. The van der Waals surface area contributed by atoms with Crippen LogP contribution in [0.4, 0.5) is 18.0 Å². The topological polar surface area (TPSA) is 55.8 Å². The number of nitrogens with zero attached hydrogens (tertiary/aromatic N) is 2. The third-order valence-corrected chi connectivity index (χ3v) is 5.55. The molecule has 0 radical (unpaired) electrons. The molecule has 2 aliphatic heterocycles. The molecule has 8 heteroatoms. The van der Waals surface area contributed by atoms with Crippen molar-refractivity contribution in [3.63, 3.8) is 0 Å². The summed E-state index contributed by atoms with van der Waals surface area (Å²) in [5.74, 6) is -0.0972. The van der Waals surface area contributed by atoms with Crippen LogP contribution in [0.25, 0.3) is 0 Å². The average Bonchev–Trinajstić information content (AvgIpc) is 2.52. The Kier molecular flexibility index (Phi) is 5.40. The van der Waals surface area contributed by atoms with Gasteiger partial charge in [-0.3, -0.25) is 4.90 Å². The fraction of sp³-hybridized carbons (Fsp3) is 0.632. The molecule has 0 aromatic heterocycles. The fourth-order valence-electron chi connectivity index (χ4n) is 4.47. The Labute approximate surface area is 157 Å². The maximum atomic E-state index is 12.8. The Morgan fingerprint density at radius 3 is 2.44 bits per heavy atom. The van der Waals surface area contributed by atoms with Crippen molar-refractivity contribution in [1.82, 2.24) is 15.1 Å². The lowest BCUT2D eigenvalue weighted by Crippen LogP contribution is -2.85. The van der Waals surface area contributed by atoms with E-state index in [1.807, 2.05) is 44.2 Å². The molecule has 150 valence electrons. The molecule has 1 aromatic rings. The highest BCUT2D eigenvalue weighted by Gasteiger charge is 2.66. The van der Waals surface area contributed by atoms with E-state index in [-0.39, 0.29) is 37.2 Å². The van der Waals surface area contributed by atoms with Crippen LogP contribution in [0, 0.1) is 0 Å². The van der Waals surface area contributed by atoms with Gasteiger partial charge in [-0.05, 0) is 19.4 Å². The van der Waals surface area contributed by atoms with Crippen LogP contribution >= 0.6 is 0 Å². The number of carbonyl (C=O) groups is 1. The van der Waals surface area contributed by atoms with E-state index in [0.29, 0.717) is 13.1 Å². The Morgan fingerprint density at radius 2 is 1.93 bits per heavy atom. The quantitative estimate of drug-likeness (QED) is 0.819. The highest BCUT2D eigenvalue weighted by molar-refractivity contribution is 5.76. The Morgan fingerprint density at radius 1 is 1.30 bits per heavy atom. The zero-order chi connectivity index (χ0) is 19.8. The number of hydrogen-bond acceptors (Lipinski definition) is 3. The lowest BCUT2D eigenvalue weighted by atomic mass is 9.60. The van der Waals surface area contributed by atoms with Gasteiger partial charge in [-0.15, -0.1) is 0 Å². The number of aliphatic hydroxyl groups is 1. The van der Waals surface area contributed by atoms with Gasteiger partial charge in [-0.1, -0.05) is 30.3 Å². The van der Waals surface area contributed by atoms with Crippen LogP contribution in [0.15, 0.2) is 30.3 Å². The largest absolute Gasteiger partial charge is 0.395 e. The van der Waals surface area contributed by atoms with Crippen molar-refractivity contribution in [3.05, 3.63) is 35.9 Å². The smallest absolute Gasteiger partial charge is 0.390 e. The monoisotopic (exact) mass is 385 g/mol. The first-order chi connectivity index (χ1) is 12.7. The van der Waals surface area contributed by atoms with Crippen LogP contribution in [-0.4, -0.2) is 71.0 Å². The van der Waals surface area contributed by atoms with Crippen molar-refractivity contribution in [1.29, 1.82) is 0 Å². The number of urea groups is 1. The Bertz CT molecular complexity index is 660. The summed E-state index contributed by atoms with van der Waals surface area (Å²) in [5.41, 5.74) is 0.442. The first-order valence-electron chi connectivity index (χ1n) is 9.23. The molecule has 27 heavy (non-hydrogen) atoms. The minimum atomic E-state index is -4.25. The van der Waals surface area contributed by atoms with E-state index in [9.17, 15) is 23.1 Å². The summed E-state index contributed by atoms with van der Waals surface area (Å²) >= 11 is 0. The average molecular weight is 385 g/mol. The van der Waals surface area contributed by atoms with E-state index >= 15 is 0 Å². The van der Waals surface area contributed by atoms with Gasteiger partial charge in [0.25, 0.3) is 0 Å². The molecular weight excluding hydrogens is 359 g/mol. The minimum Gasteiger partial charge on any atom is -0.395 e. The molecule has 2 amide bonds. The molecule has 3 rings (SSSR count). The molecule has 1 aromatic carbocycles. The lowest BCUT2D eigenvalue weighted by molar-refractivity contribution is -0.199. The van der Waals surface area contributed by atoms with E-state index in [1.54, 1.807) is 9.80 Å². The fourth-order valence-corrected chi connectivity index (χ4v) is 4.47. The second kappa shape index (κ2) is 7.31. The third-order valence-electron chi connectivity index (χ3n) is 5.55. The summed E-state index contributed by atoms with van der Waals surface area (Å²) in [4.78, 5) is 15.6. The molecular formula is C19H26F3N3O2. The van der Waals surface area contributed by atoms with E-state index < -0.39 is 18.1 Å². The Balaban J connectivity index is 1.80. The number of aliphatic hydroxyl groups excluding tert-OH is 1. The van der Waals surface area contributed by atoms with Gasteiger partial charge >= 0.3 is 12.2 Å². The number of nitrogens with one attached hydrogen (secondary N) is 1. The molecule has 2 aliphatic rings. The summed E-state index contributed by atoms with van der Waals surface area (Å²) < 4.78 is 38.4. The summed E-state index contributed by atoms with van der Waals surface area (Å²) in [6.45, 7) is 4.07. The Hall–Kier alpha value is -1.80. The van der Waals surface area contributed by atoms with Crippen molar-refractivity contribution < 1.29 is 23.1 Å². The van der Waals surface area contributed by atoms with Crippen molar-refractivity contribution >= 4 is 6.03 Å². The van der Waals surface area contributed by atoms with Crippen LogP contribution in [0.3, 0.4) is 0 Å². The molecule has 2 heterocycles. The highest BCUT2D eigenvalue weighted by atomic mass is 19.4. The normalized spacial score (nSPS) is 24.6. The van der Waals surface area contributed by atoms with Gasteiger partial charge in [0, 0.05) is 37.6 Å². The number of alkyl halides is 3. The number of halogens is 3. The van der Waals surface area contributed by atoms with Gasteiger partial charge < -0.3 is 15.3 Å². The number of benzene rings is 1. The molecule has 0 bridgehead atoms. The van der Waals surface area contributed by atoms with Crippen molar-refractivity contribution in [3.8, 4) is 0 Å². The van der Waals surface area contributed by atoms with E-state index in [0.717, 1.165) is 5.56 Å². The molecule has 2 atom stereocenters. The second-order valence-corrected chi connectivity index (χ2v) is 7.76. The van der Waals surface area contributed by atoms with Gasteiger partial charge in [-0.25, -0.2) is 4.79 Å². The molecule has 1 spiro atoms. The number of hydrogen-bond donors (Lipinski definition) is 2. The summed E-state index contributed by atoms with van der Waals surface area (Å²) in [6.07, 6.45) is -5.18. The third kappa shape index (κ3) is 3.78. The van der Waals surface area contributed by atoms with Gasteiger partial charge in [0.05, 0.1) is 18.6 Å². The molecule has 2 N–H and O–H groups in total. The predicted molar refractivity (Wildman–Crippen MR) is 95.4 cm³/mol. The minimum absolute atomic E-state index is 0.00752. The maximum Gasteiger partial charge on any atom is 0.390 e. The number of likely N-dealkylation sites (tertiary alicyclic amines) is 2. The zero-order valence-electron chi connectivity index (χ0n) is 15.5. The van der Waals surface area contributed by atoms with Crippen LogP contribution in [-0.2, 0) is 0 Å². The summed E-state index contributed by atoms with van der Waals surface area (Å²) in [5, 5.41) is 12.7. The van der Waals surface area contributed by atoms with E-state index in [2.05, 4.69) is 5.32 Å². The van der Waals surface area contributed by atoms with Crippen molar-refractivity contribution in [2.75, 3.05) is 26.2 Å². The number of amides is 2. The standard InChI is InChI=1S/C19H26F3N3O2/c1-13(2)23-17(27)24-11-18(12-24)16(14-6-4-3-5-7-14)15(10-26)25(18)9-8-19(20,21)22/h3-7,13,15-16,26H,8-12H2,1-2H3,(H,23,27)/t15-,16-/m1/s1. The summed E-state index contributed by atoms with van der Waals surface area (Å²) in [7, 11) is 0. The molecule has 0 unspecified atom stereocenters. The van der Waals surface area contributed by atoms with Crippen LogP contribution < -0.4 is 5.32 Å². The zero-order valence-corrected chi connectivity index (χ0v) is 15.5. The van der Waals surface area contributed by atoms with Gasteiger partial charge in [0.15, 0.2) is 0 Å². The van der Waals surface area contributed by atoms with E-state index in [4.69, 9.17) is 0 Å². The summed E-state index contributed by atoms with van der Waals surface area (Å²) in [6, 6.07) is 8.95. The van der Waals surface area contributed by atoms with Crippen LogP contribution in [0.5, 0.6) is 0 Å². The predicted octanol–water partition coefficient (Wildman–Crippen LogP) is 2.57. The molecule has 5 nitrogen and oxygen atoms in total. The molecule has 2 saturated heterocycles. The van der Waals surface area contributed by atoms with Gasteiger partial charge in [0.1, 0.15) is 0 Å². The van der Waals surface area contributed by atoms with Crippen LogP contribution in [0.2, 0.25) is 0 Å². The SMILES string of the molecule is CC(C)NC(=O)N1CC2(C1)[C@H](c1ccccc1)[C@@H](CO)N2CCC(F)(F)F. The number of rotatable bonds is 5.